The molecule has 0 fully saturated rings. The van der Waals surface area contributed by atoms with Crippen molar-refractivity contribution in [3.05, 3.63) is 12.8 Å². The summed E-state index contributed by atoms with van der Waals surface area (Å²) >= 11 is 0. The molecule has 0 aliphatic rings. The molecule has 1 N–H and O–H groups in total. The van der Waals surface area contributed by atoms with Crippen molar-refractivity contribution in [2.75, 3.05) is 0 Å². The smallest absolute Gasteiger partial charge is 0.425 e. The second-order valence-corrected chi connectivity index (χ2v) is 3.86. The zero-order chi connectivity index (χ0) is 16.1. The zero-order valence-electron chi connectivity index (χ0n) is 9.91. The number of aliphatic carboxylic acids is 1. The van der Waals surface area contributed by atoms with Crippen LogP contribution in [0.4, 0.5) is 26.3 Å². The van der Waals surface area contributed by atoms with E-state index >= 15 is 0 Å². The van der Waals surface area contributed by atoms with Crippen LogP contribution < -0.4 is 0 Å². The molecule has 0 radical (unpaired) electrons. The summed E-state index contributed by atoms with van der Waals surface area (Å²) in [4.78, 5) is 21.3. The van der Waals surface area contributed by atoms with Crippen LogP contribution in [0.3, 0.4) is 0 Å². The zero-order valence-corrected chi connectivity index (χ0v) is 9.91. The van der Waals surface area contributed by atoms with E-state index in [2.05, 4.69) is 6.58 Å². The number of nitrogens with zero attached hydrogens (tertiary/aromatic N) is 1. The van der Waals surface area contributed by atoms with Crippen LogP contribution in [-0.4, -0.2) is 46.7 Å². The van der Waals surface area contributed by atoms with Crippen molar-refractivity contribution in [2.24, 2.45) is 0 Å². The predicted octanol–water partition coefficient (Wildman–Crippen LogP) is 2.36. The van der Waals surface area contributed by atoms with Crippen LogP contribution in [0.5, 0.6) is 0 Å². The Morgan fingerprint density at radius 2 is 1.80 bits per heavy atom. The van der Waals surface area contributed by atoms with Crippen LogP contribution in [0.2, 0.25) is 0 Å². The van der Waals surface area contributed by atoms with Crippen molar-refractivity contribution in [3.8, 4) is 0 Å². The molecule has 0 heterocycles. The van der Waals surface area contributed by atoms with Crippen molar-refractivity contribution in [1.82, 2.24) is 4.90 Å². The van der Waals surface area contributed by atoms with Crippen molar-refractivity contribution < 1.29 is 41.0 Å². The summed E-state index contributed by atoms with van der Waals surface area (Å²) in [7, 11) is 0. The highest BCUT2D eigenvalue weighted by molar-refractivity contribution is 5.68. The molecule has 2 atom stereocenters. The van der Waals surface area contributed by atoms with E-state index in [0.717, 1.165) is 0 Å². The number of carboxylic acid groups (broad SMARTS) is 1. The number of carbonyl (C=O) groups excluding carboxylic acids is 1. The normalized spacial score (nSPS) is 15.3. The van der Waals surface area contributed by atoms with Gasteiger partial charge >= 0.3 is 12.1 Å². The SMILES string of the molecule is C=CN(C=O)C(CC(=O)O)CC(F)(F)C(F)C(F)(F)F. The highest BCUT2D eigenvalue weighted by atomic mass is 19.4. The molecule has 0 saturated carbocycles. The maximum absolute atomic E-state index is 13.2. The molecule has 0 aromatic carbocycles. The number of carbonyl (C=O) groups is 2. The van der Waals surface area contributed by atoms with Crippen LogP contribution in [0.15, 0.2) is 12.8 Å². The molecule has 4 nitrogen and oxygen atoms in total. The predicted molar refractivity (Wildman–Crippen MR) is 54.7 cm³/mol. The summed E-state index contributed by atoms with van der Waals surface area (Å²) in [6.07, 6.45) is -12.5. The van der Waals surface area contributed by atoms with E-state index in [1.165, 1.54) is 0 Å². The number of halogens is 6. The van der Waals surface area contributed by atoms with Crippen LogP contribution in [0.1, 0.15) is 12.8 Å². The number of carboxylic acids is 1. The Labute approximate surface area is 109 Å². The van der Waals surface area contributed by atoms with E-state index in [-0.39, 0.29) is 6.41 Å². The van der Waals surface area contributed by atoms with Crippen LogP contribution in [-0.2, 0) is 9.59 Å². The van der Waals surface area contributed by atoms with Crippen molar-refractivity contribution in [2.45, 2.75) is 37.2 Å². The first kappa shape index (κ1) is 18.3. The van der Waals surface area contributed by atoms with Gasteiger partial charge in [0.05, 0.1) is 12.5 Å². The molecule has 0 rings (SSSR count). The third-order valence-electron chi connectivity index (χ3n) is 2.33. The van der Waals surface area contributed by atoms with Crippen LogP contribution in [0.25, 0.3) is 0 Å². The van der Waals surface area contributed by atoms with E-state index in [0.29, 0.717) is 11.1 Å². The van der Waals surface area contributed by atoms with Crippen LogP contribution >= 0.6 is 0 Å². The van der Waals surface area contributed by atoms with Gasteiger partial charge < -0.3 is 10.0 Å². The van der Waals surface area contributed by atoms with Gasteiger partial charge in [0, 0.05) is 6.42 Å². The molecule has 1 amide bonds. The minimum Gasteiger partial charge on any atom is -0.481 e. The van der Waals surface area contributed by atoms with Crippen molar-refractivity contribution >= 4 is 12.4 Å². The first-order chi connectivity index (χ1) is 8.95. The molecule has 0 aliphatic carbocycles. The second kappa shape index (κ2) is 6.62. The summed E-state index contributed by atoms with van der Waals surface area (Å²) in [5, 5.41) is 8.48. The highest BCUT2D eigenvalue weighted by Crippen LogP contribution is 2.38. The molecule has 2 unspecified atom stereocenters. The molecular weight excluding hydrogens is 296 g/mol. The lowest BCUT2D eigenvalue weighted by molar-refractivity contribution is -0.247. The minimum absolute atomic E-state index is 0.0858. The Morgan fingerprint density at radius 1 is 1.30 bits per heavy atom. The lowest BCUT2D eigenvalue weighted by Crippen LogP contribution is -2.46. The third kappa shape index (κ3) is 5.10. The maximum atomic E-state index is 13.2. The lowest BCUT2D eigenvalue weighted by atomic mass is 10.0. The quantitative estimate of drug-likeness (QED) is 0.553. The Morgan fingerprint density at radius 3 is 2.10 bits per heavy atom. The third-order valence-corrected chi connectivity index (χ3v) is 2.33. The van der Waals surface area contributed by atoms with Gasteiger partial charge in [0.25, 0.3) is 12.1 Å². The molecule has 0 aliphatic heterocycles. The Hall–Kier alpha value is -1.74. The molecule has 10 heteroatoms. The standard InChI is InChI=1S/C10H11F6NO3/c1-2-17(5-18)6(3-7(19)20)4-9(12,13)8(11)10(14,15)16/h2,5-6,8H,1,3-4H2,(H,19,20). The molecule has 0 bridgehead atoms. The summed E-state index contributed by atoms with van der Waals surface area (Å²) in [6, 6.07) is -1.85. The number of rotatable bonds is 8. The average Bonchev–Trinajstić information content (AvgIpc) is 2.26. The molecular formula is C10H11F6NO3. The van der Waals surface area contributed by atoms with Gasteiger partial charge in [-0.1, -0.05) is 6.58 Å². The van der Waals surface area contributed by atoms with Gasteiger partial charge in [-0.15, -0.1) is 0 Å². The summed E-state index contributed by atoms with van der Waals surface area (Å²) < 4.78 is 74.9. The highest BCUT2D eigenvalue weighted by Gasteiger charge is 2.57. The van der Waals surface area contributed by atoms with Crippen molar-refractivity contribution in [3.63, 3.8) is 0 Å². The van der Waals surface area contributed by atoms with Gasteiger partial charge in [-0.2, -0.15) is 13.2 Å². The average molecular weight is 307 g/mol. The second-order valence-electron chi connectivity index (χ2n) is 3.86. The summed E-state index contributed by atoms with van der Waals surface area (Å²) in [5.41, 5.74) is 0. The monoisotopic (exact) mass is 307 g/mol. The van der Waals surface area contributed by atoms with Gasteiger partial charge in [-0.3, -0.25) is 9.59 Å². The minimum atomic E-state index is -5.79. The fraction of sp³-hybridized carbons (Fsp3) is 0.600. The van der Waals surface area contributed by atoms with Gasteiger partial charge in [-0.25, -0.2) is 13.2 Å². The molecule has 0 spiro atoms. The molecule has 20 heavy (non-hydrogen) atoms. The first-order valence-electron chi connectivity index (χ1n) is 5.11. The molecule has 0 aromatic rings. The number of amides is 1. The van der Waals surface area contributed by atoms with E-state index in [1.807, 2.05) is 0 Å². The summed E-state index contributed by atoms with van der Waals surface area (Å²) in [6.45, 7) is 3.02. The van der Waals surface area contributed by atoms with Gasteiger partial charge in [0.15, 0.2) is 0 Å². The number of hydrogen-bond acceptors (Lipinski definition) is 2. The number of hydrogen-bond donors (Lipinski definition) is 1. The topological polar surface area (TPSA) is 57.6 Å². The van der Waals surface area contributed by atoms with Crippen molar-refractivity contribution in [1.29, 1.82) is 0 Å². The largest absolute Gasteiger partial charge is 0.481 e. The fourth-order valence-corrected chi connectivity index (χ4v) is 1.42. The maximum Gasteiger partial charge on any atom is 0.425 e. The first-order valence-corrected chi connectivity index (χ1v) is 5.11. The van der Waals surface area contributed by atoms with E-state index < -0.39 is 43.1 Å². The Kier molecular flexibility index (Phi) is 6.04. The van der Waals surface area contributed by atoms with Crippen LogP contribution in [0, 0.1) is 0 Å². The summed E-state index contributed by atoms with van der Waals surface area (Å²) in [5.74, 6) is -6.51. The van der Waals surface area contributed by atoms with Gasteiger partial charge in [0.1, 0.15) is 0 Å². The molecule has 0 aromatic heterocycles. The Balaban J connectivity index is 5.18. The van der Waals surface area contributed by atoms with E-state index in [9.17, 15) is 35.9 Å². The van der Waals surface area contributed by atoms with Gasteiger partial charge in [-0.05, 0) is 6.20 Å². The van der Waals surface area contributed by atoms with E-state index in [4.69, 9.17) is 5.11 Å². The fourth-order valence-electron chi connectivity index (χ4n) is 1.42. The van der Waals surface area contributed by atoms with Gasteiger partial charge in [0.2, 0.25) is 6.41 Å². The number of alkyl halides is 6. The molecule has 0 saturated heterocycles. The molecule has 116 valence electrons. The van der Waals surface area contributed by atoms with E-state index in [1.54, 1.807) is 0 Å². The Bertz CT molecular complexity index is 362. The lowest BCUT2D eigenvalue weighted by Gasteiger charge is -2.30.